The Morgan fingerprint density at radius 2 is 1.67 bits per heavy atom. The van der Waals surface area contributed by atoms with Crippen LogP contribution in [-0.4, -0.2) is 5.91 Å². The molecule has 0 atom stereocenters. The third-order valence-corrected chi connectivity index (χ3v) is 3.33. The Morgan fingerprint density at radius 1 is 1.05 bits per heavy atom. The van der Waals surface area contributed by atoms with Gasteiger partial charge in [-0.25, -0.2) is 4.39 Å². The number of halogens is 5. The number of benzene rings is 2. The van der Waals surface area contributed by atoms with Gasteiger partial charge in [-0.15, -0.1) is 0 Å². The number of carbonyl (C=O) groups excluding carboxylic acids is 1. The molecule has 0 unspecified atom stereocenters. The number of anilines is 1. The third-order valence-electron chi connectivity index (χ3n) is 2.64. The van der Waals surface area contributed by atoms with Crippen LogP contribution in [0.3, 0.4) is 0 Å². The van der Waals surface area contributed by atoms with E-state index in [1.165, 1.54) is 12.1 Å². The van der Waals surface area contributed by atoms with Gasteiger partial charge >= 0.3 is 6.18 Å². The molecule has 1 amide bonds. The van der Waals surface area contributed by atoms with Crippen molar-refractivity contribution in [1.82, 2.24) is 0 Å². The summed E-state index contributed by atoms with van der Waals surface area (Å²) in [5.41, 5.74) is -0.796. The predicted molar refractivity (Wildman–Crippen MR) is 73.5 cm³/mol. The number of rotatable bonds is 2. The minimum absolute atomic E-state index is 0.158. The average Bonchev–Trinajstić information content (AvgIpc) is 2.40. The second-order valence-corrected chi connectivity index (χ2v) is 5.01. The fourth-order valence-corrected chi connectivity index (χ4v) is 2.03. The van der Waals surface area contributed by atoms with E-state index in [9.17, 15) is 22.4 Å². The van der Waals surface area contributed by atoms with Crippen LogP contribution in [0, 0.1) is 5.82 Å². The van der Waals surface area contributed by atoms with Crippen LogP contribution in [0.5, 0.6) is 0 Å². The number of amides is 1. The zero-order valence-electron chi connectivity index (χ0n) is 10.3. The standard InChI is InChI=1S/C14H8BrF4NO/c15-12-6-1-8(14(17,18)19)7-11(12)13(21)20-10-4-2-9(16)3-5-10/h1-7H,(H,20,21). The first kappa shape index (κ1) is 15.5. The van der Waals surface area contributed by atoms with Crippen LogP contribution in [-0.2, 0) is 6.18 Å². The van der Waals surface area contributed by atoms with E-state index in [1.807, 2.05) is 0 Å². The molecule has 0 aliphatic heterocycles. The van der Waals surface area contributed by atoms with E-state index in [0.717, 1.165) is 30.3 Å². The monoisotopic (exact) mass is 361 g/mol. The molecular formula is C14H8BrF4NO. The zero-order valence-corrected chi connectivity index (χ0v) is 11.9. The normalized spacial score (nSPS) is 11.3. The van der Waals surface area contributed by atoms with Crippen molar-refractivity contribution >= 4 is 27.5 Å². The summed E-state index contributed by atoms with van der Waals surface area (Å²) in [5.74, 6) is -1.20. The Morgan fingerprint density at radius 3 is 2.24 bits per heavy atom. The average molecular weight is 362 g/mol. The molecule has 2 rings (SSSR count). The molecule has 2 aromatic carbocycles. The highest BCUT2D eigenvalue weighted by Crippen LogP contribution is 2.32. The molecule has 0 saturated heterocycles. The van der Waals surface area contributed by atoms with Gasteiger partial charge in [-0.05, 0) is 58.4 Å². The van der Waals surface area contributed by atoms with Crippen molar-refractivity contribution < 1.29 is 22.4 Å². The van der Waals surface area contributed by atoms with E-state index in [1.54, 1.807) is 0 Å². The number of hydrogen-bond acceptors (Lipinski definition) is 1. The van der Waals surface area contributed by atoms with Gasteiger partial charge in [-0.3, -0.25) is 4.79 Å². The first-order chi connectivity index (χ1) is 9.77. The maximum Gasteiger partial charge on any atom is 0.416 e. The summed E-state index contributed by atoms with van der Waals surface area (Å²) in [6.07, 6.45) is -4.54. The van der Waals surface area contributed by atoms with E-state index >= 15 is 0 Å². The molecule has 2 aromatic rings. The van der Waals surface area contributed by atoms with E-state index < -0.39 is 23.5 Å². The summed E-state index contributed by atoms with van der Waals surface area (Å²) in [5, 5.41) is 2.40. The SMILES string of the molecule is O=C(Nc1ccc(F)cc1)c1cc(C(F)(F)F)ccc1Br. The van der Waals surface area contributed by atoms with E-state index in [-0.39, 0.29) is 15.7 Å². The summed E-state index contributed by atoms with van der Waals surface area (Å²) >= 11 is 3.03. The second kappa shape index (κ2) is 5.85. The van der Waals surface area contributed by atoms with Crippen LogP contribution < -0.4 is 5.32 Å². The lowest BCUT2D eigenvalue weighted by Crippen LogP contribution is -2.14. The van der Waals surface area contributed by atoms with E-state index in [0.29, 0.717) is 0 Å². The molecular weight excluding hydrogens is 354 g/mol. The van der Waals surface area contributed by atoms with Gasteiger partial charge in [0.2, 0.25) is 0 Å². The maximum atomic E-state index is 12.8. The van der Waals surface area contributed by atoms with Gasteiger partial charge in [0.05, 0.1) is 11.1 Å². The molecule has 0 radical (unpaired) electrons. The molecule has 0 spiro atoms. The Labute approximate surface area is 125 Å². The second-order valence-electron chi connectivity index (χ2n) is 4.15. The minimum Gasteiger partial charge on any atom is -0.322 e. The van der Waals surface area contributed by atoms with Gasteiger partial charge in [0, 0.05) is 10.2 Å². The van der Waals surface area contributed by atoms with E-state index in [4.69, 9.17) is 0 Å². The van der Waals surface area contributed by atoms with Crippen LogP contribution in [0.2, 0.25) is 0 Å². The first-order valence-electron chi connectivity index (χ1n) is 5.71. The maximum absolute atomic E-state index is 12.8. The van der Waals surface area contributed by atoms with Crippen molar-refractivity contribution in [1.29, 1.82) is 0 Å². The Hall–Kier alpha value is -1.89. The van der Waals surface area contributed by atoms with Gasteiger partial charge in [0.1, 0.15) is 5.82 Å². The topological polar surface area (TPSA) is 29.1 Å². The van der Waals surface area contributed by atoms with Gasteiger partial charge in [-0.2, -0.15) is 13.2 Å². The van der Waals surface area contributed by atoms with E-state index in [2.05, 4.69) is 21.2 Å². The van der Waals surface area contributed by atoms with Crippen molar-refractivity contribution in [2.75, 3.05) is 5.32 Å². The van der Waals surface area contributed by atoms with Gasteiger partial charge < -0.3 is 5.32 Å². The number of alkyl halides is 3. The lowest BCUT2D eigenvalue weighted by atomic mass is 10.1. The summed E-state index contributed by atoms with van der Waals surface area (Å²) in [7, 11) is 0. The lowest BCUT2D eigenvalue weighted by molar-refractivity contribution is -0.137. The van der Waals surface area contributed by atoms with Gasteiger partial charge in [0.15, 0.2) is 0 Å². The van der Waals surface area contributed by atoms with Gasteiger partial charge in [-0.1, -0.05) is 0 Å². The highest BCUT2D eigenvalue weighted by molar-refractivity contribution is 9.10. The molecule has 0 aromatic heterocycles. The van der Waals surface area contributed by atoms with Gasteiger partial charge in [0.25, 0.3) is 5.91 Å². The Kier molecular flexibility index (Phi) is 4.32. The number of hydrogen-bond donors (Lipinski definition) is 1. The van der Waals surface area contributed by atoms with Crippen molar-refractivity contribution in [3.63, 3.8) is 0 Å². The largest absolute Gasteiger partial charge is 0.416 e. The number of carbonyl (C=O) groups is 1. The highest BCUT2D eigenvalue weighted by Gasteiger charge is 2.31. The van der Waals surface area contributed by atoms with Crippen LogP contribution in [0.4, 0.5) is 23.2 Å². The highest BCUT2D eigenvalue weighted by atomic mass is 79.9. The van der Waals surface area contributed by atoms with Crippen molar-refractivity contribution in [2.45, 2.75) is 6.18 Å². The lowest BCUT2D eigenvalue weighted by Gasteiger charge is -2.11. The smallest absolute Gasteiger partial charge is 0.322 e. The molecule has 0 fully saturated rings. The quantitative estimate of drug-likeness (QED) is 0.760. The summed E-state index contributed by atoms with van der Waals surface area (Å²) in [6.45, 7) is 0. The van der Waals surface area contributed by atoms with Crippen LogP contribution in [0.1, 0.15) is 15.9 Å². The fraction of sp³-hybridized carbons (Fsp3) is 0.0714. The molecule has 0 bridgehead atoms. The predicted octanol–water partition coefficient (Wildman–Crippen LogP) is 4.86. The first-order valence-corrected chi connectivity index (χ1v) is 6.50. The Balaban J connectivity index is 2.28. The number of nitrogens with one attached hydrogen (secondary N) is 1. The van der Waals surface area contributed by atoms with Crippen LogP contribution >= 0.6 is 15.9 Å². The molecule has 0 aliphatic carbocycles. The van der Waals surface area contributed by atoms with Crippen molar-refractivity contribution in [3.8, 4) is 0 Å². The summed E-state index contributed by atoms with van der Waals surface area (Å²) in [4.78, 5) is 12.0. The molecule has 0 heterocycles. The Bertz CT molecular complexity index is 668. The fourth-order valence-electron chi connectivity index (χ4n) is 1.61. The summed E-state index contributed by atoms with van der Waals surface area (Å²) in [6, 6.07) is 7.68. The molecule has 0 aliphatic rings. The molecule has 1 N–H and O–H groups in total. The zero-order chi connectivity index (χ0) is 15.6. The van der Waals surface area contributed by atoms with Crippen molar-refractivity contribution in [2.24, 2.45) is 0 Å². The molecule has 0 saturated carbocycles. The molecule has 110 valence electrons. The van der Waals surface area contributed by atoms with Crippen molar-refractivity contribution in [3.05, 3.63) is 63.9 Å². The van der Waals surface area contributed by atoms with Crippen LogP contribution in [0.15, 0.2) is 46.9 Å². The summed E-state index contributed by atoms with van der Waals surface area (Å²) < 4.78 is 50.9. The third kappa shape index (κ3) is 3.81. The minimum atomic E-state index is -4.54. The molecule has 2 nitrogen and oxygen atoms in total. The molecule has 21 heavy (non-hydrogen) atoms. The molecule has 7 heteroatoms. The van der Waals surface area contributed by atoms with Crippen LogP contribution in [0.25, 0.3) is 0 Å².